The molecule has 0 saturated carbocycles. The van der Waals surface area contributed by atoms with E-state index in [0.717, 1.165) is 22.7 Å². The molecule has 0 fully saturated rings. The molecule has 0 aliphatic rings. The van der Waals surface area contributed by atoms with E-state index in [1.54, 1.807) is 17.9 Å². The highest BCUT2D eigenvalue weighted by atomic mass is 35.5. The molecule has 3 heterocycles. The number of rotatable bonds is 5. The molecule has 0 atom stereocenters. The lowest BCUT2D eigenvalue weighted by atomic mass is 10.1. The average molecular weight is 427 g/mol. The van der Waals surface area contributed by atoms with Gasteiger partial charge in [0.15, 0.2) is 11.6 Å². The number of hydrogen-bond donors (Lipinski definition) is 1. The summed E-state index contributed by atoms with van der Waals surface area (Å²) < 4.78 is 6.78. The van der Waals surface area contributed by atoms with E-state index in [9.17, 15) is 0 Å². The molecule has 0 aliphatic heterocycles. The first kappa shape index (κ1) is 19.2. The smallest absolute Gasteiger partial charge is 0.174 e. The number of nitrogens with one attached hydrogen (secondary N) is 1. The minimum Gasteiger partial charge on any atom is -0.497 e. The summed E-state index contributed by atoms with van der Waals surface area (Å²) in [5.74, 6) is 2.48. The van der Waals surface area contributed by atoms with Crippen molar-refractivity contribution in [2.24, 2.45) is 0 Å². The van der Waals surface area contributed by atoms with Gasteiger partial charge < -0.3 is 10.1 Å². The van der Waals surface area contributed by atoms with Crippen molar-refractivity contribution < 1.29 is 4.74 Å². The molecule has 0 unspecified atom stereocenters. The summed E-state index contributed by atoms with van der Waals surface area (Å²) >= 11 is 12.2. The first-order valence-electron chi connectivity index (χ1n) is 8.67. The molecule has 146 valence electrons. The van der Waals surface area contributed by atoms with Crippen LogP contribution in [0.5, 0.6) is 5.75 Å². The molecule has 0 bridgehead atoms. The fraction of sp³-hybridized carbons (Fsp3) is 0.100. The highest BCUT2D eigenvalue weighted by Gasteiger charge is 2.13. The second-order valence-electron chi connectivity index (χ2n) is 6.20. The molecule has 4 aromatic rings. The Kier molecular flexibility index (Phi) is 5.33. The monoisotopic (exact) mass is 426 g/mol. The number of pyridine rings is 1. The lowest BCUT2D eigenvalue weighted by molar-refractivity contribution is 0.415. The lowest BCUT2D eigenvalue weighted by Crippen LogP contribution is -2.06. The second-order valence-corrected chi connectivity index (χ2v) is 7.04. The maximum Gasteiger partial charge on any atom is 0.174 e. The number of aryl methyl sites for hydroxylation is 1. The minimum absolute atomic E-state index is 0.393. The van der Waals surface area contributed by atoms with Crippen LogP contribution in [0.15, 0.2) is 54.7 Å². The molecule has 0 amide bonds. The quantitative estimate of drug-likeness (QED) is 0.478. The molecule has 0 radical (unpaired) electrons. The largest absolute Gasteiger partial charge is 0.497 e. The van der Waals surface area contributed by atoms with Crippen LogP contribution in [0.4, 0.5) is 11.6 Å². The van der Waals surface area contributed by atoms with E-state index in [-0.39, 0.29) is 0 Å². The molecule has 0 saturated heterocycles. The maximum absolute atomic E-state index is 6.29. The Morgan fingerprint density at radius 3 is 2.45 bits per heavy atom. The van der Waals surface area contributed by atoms with Crippen molar-refractivity contribution in [3.05, 3.63) is 70.5 Å². The molecule has 1 N–H and O–H groups in total. The predicted molar refractivity (Wildman–Crippen MR) is 113 cm³/mol. The number of benzene rings is 1. The zero-order valence-electron chi connectivity index (χ0n) is 15.6. The fourth-order valence-electron chi connectivity index (χ4n) is 2.76. The third-order valence-corrected chi connectivity index (χ3v) is 4.61. The molecule has 1 aromatic carbocycles. The molecular formula is C20H16Cl2N6O. The Balaban J connectivity index is 1.60. The highest BCUT2D eigenvalue weighted by molar-refractivity contribution is 6.35. The van der Waals surface area contributed by atoms with Gasteiger partial charge in [0.2, 0.25) is 0 Å². The van der Waals surface area contributed by atoms with Crippen molar-refractivity contribution in [2.75, 3.05) is 12.4 Å². The van der Waals surface area contributed by atoms with Crippen LogP contribution < -0.4 is 10.1 Å². The summed E-state index contributed by atoms with van der Waals surface area (Å²) in [4.78, 5) is 4.28. The zero-order chi connectivity index (χ0) is 20.4. The van der Waals surface area contributed by atoms with E-state index in [1.165, 1.54) is 6.20 Å². The van der Waals surface area contributed by atoms with Gasteiger partial charge in [0, 0.05) is 17.8 Å². The molecule has 3 aromatic heterocycles. The summed E-state index contributed by atoms with van der Waals surface area (Å²) in [6.45, 7) is 1.88. The first-order chi connectivity index (χ1) is 14.0. The van der Waals surface area contributed by atoms with Gasteiger partial charge >= 0.3 is 0 Å². The molecular weight excluding hydrogens is 411 g/mol. The van der Waals surface area contributed by atoms with E-state index in [0.29, 0.717) is 27.5 Å². The highest BCUT2D eigenvalue weighted by Crippen LogP contribution is 2.27. The number of aromatic nitrogens is 5. The van der Waals surface area contributed by atoms with Gasteiger partial charge in [0.05, 0.1) is 28.5 Å². The Hall–Kier alpha value is -3.16. The van der Waals surface area contributed by atoms with Gasteiger partial charge in [0.1, 0.15) is 11.6 Å². The predicted octanol–water partition coefficient (Wildman–Crippen LogP) is 5.09. The van der Waals surface area contributed by atoms with E-state index >= 15 is 0 Å². The lowest BCUT2D eigenvalue weighted by Gasteiger charge is -2.10. The van der Waals surface area contributed by atoms with Gasteiger partial charge in [-0.1, -0.05) is 23.2 Å². The van der Waals surface area contributed by atoms with Gasteiger partial charge in [-0.3, -0.25) is 0 Å². The summed E-state index contributed by atoms with van der Waals surface area (Å²) in [5, 5.41) is 17.1. The first-order valence-corrected chi connectivity index (χ1v) is 9.42. The summed E-state index contributed by atoms with van der Waals surface area (Å²) in [6.07, 6.45) is 1.52. The Bertz CT molecular complexity index is 1140. The van der Waals surface area contributed by atoms with Crippen LogP contribution in [0.25, 0.3) is 17.1 Å². The minimum atomic E-state index is 0.393. The number of halogens is 2. The van der Waals surface area contributed by atoms with Gasteiger partial charge in [-0.05, 0) is 49.4 Å². The number of hydrogen-bond acceptors (Lipinski definition) is 6. The summed E-state index contributed by atoms with van der Waals surface area (Å²) in [5.41, 5.74) is 2.50. The van der Waals surface area contributed by atoms with Crippen LogP contribution in [0.2, 0.25) is 10.0 Å². The van der Waals surface area contributed by atoms with Crippen molar-refractivity contribution in [2.45, 2.75) is 6.92 Å². The molecule has 4 rings (SSSR count). The van der Waals surface area contributed by atoms with Crippen molar-refractivity contribution in [1.82, 2.24) is 25.0 Å². The topological polar surface area (TPSA) is 77.8 Å². The number of ether oxygens (including phenoxy) is 1. The standard InChI is InChI=1S/C20H16Cl2N6O/c1-12-9-19(28(27-12)20-16(22)10-14(21)11-23-20)24-18-8-7-17(25-26-18)13-3-5-15(29-2)6-4-13/h3-11H,1-2H3,(H,24,26). The number of anilines is 2. The molecule has 7 nitrogen and oxygen atoms in total. The van der Waals surface area contributed by atoms with E-state index in [4.69, 9.17) is 27.9 Å². The van der Waals surface area contributed by atoms with Crippen LogP contribution in [0, 0.1) is 6.92 Å². The van der Waals surface area contributed by atoms with Crippen LogP contribution in [-0.4, -0.2) is 32.1 Å². The Morgan fingerprint density at radius 1 is 1.00 bits per heavy atom. The number of methoxy groups -OCH3 is 1. The zero-order valence-corrected chi connectivity index (χ0v) is 17.1. The van der Waals surface area contributed by atoms with E-state index in [1.807, 2.05) is 49.4 Å². The maximum atomic E-state index is 6.29. The third-order valence-electron chi connectivity index (χ3n) is 4.13. The summed E-state index contributed by atoms with van der Waals surface area (Å²) in [6, 6.07) is 14.8. The van der Waals surface area contributed by atoms with E-state index in [2.05, 4.69) is 25.6 Å². The fourth-order valence-corrected chi connectivity index (χ4v) is 3.22. The molecule has 0 spiro atoms. The molecule has 29 heavy (non-hydrogen) atoms. The van der Waals surface area contributed by atoms with Crippen LogP contribution in [0.3, 0.4) is 0 Å². The average Bonchev–Trinajstić information content (AvgIpc) is 3.08. The van der Waals surface area contributed by atoms with Crippen LogP contribution >= 0.6 is 23.2 Å². The third kappa shape index (κ3) is 4.16. The van der Waals surface area contributed by atoms with E-state index < -0.39 is 0 Å². The second kappa shape index (κ2) is 8.06. The summed E-state index contributed by atoms with van der Waals surface area (Å²) in [7, 11) is 1.63. The number of nitrogens with zero attached hydrogens (tertiary/aromatic N) is 5. The van der Waals surface area contributed by atoms with Gasteiger partial charge in [-0.2, -0.15) is 9.78 Å². The Morgan fingerprint density at radius 2 is 1.79 bits per heavy atom. The SMILES string of the molecule is COc1ccc(-c2ccc(Nc3cc(C)nn3-c3ncc(Cl)cc3Cl)nn2)cc1. The van der Waals surface area contributed by atoms with Crippen molar-refractivity contribution in [3.8, 4) is 22.8 Å². The normalized spacial score (nSPS) is 10.8. The van der Waals surface area contributed by atoms with Gasteiger partial charge in [-0.25, -0.2) is 4.98 Å². The molecule has 0 aliphatic carbocycles. The van der Waals surface area contributed by atoms with Crippen molar-refractivity contribution in [3.63, 3.8) is 0 Å². The van der Waals surface area contributed by atoms with Crippen LogP contribution in [-0.2, 0) is 0 Å². The van der Waals surface area contributed by atoms with Gasteiger partial charge in [0.25, 0.3) is 0 Å². The van der Waals surface area contributed by atoms with Crippen molar-refractivity contribution in [1.29, 1.82) is 0 Å². The van der Waals surface area contributed by atoms with Crippen LogP contribution in [0.1, 0.15) is 5.69 Å². The Labute approximate surface area is 177 Å². The van der Waals surface area contributed by atoms with Gasteiger partial charge in [-0.15, -0.1) is 10.2 Å². The van der Waals surface area contributed by atoms with Crippen molar-refractivity contribution >= 4 is 34.8 Å². The molecule has 9 heteroatoms.